The number of hydrogen-bond acceptors (Lipinski definition) is 6. The zero-order valence-electron chi connectivity index (χ0n) is 9.68. The molecule has 96 valence electrons. The number of aromatic nitrogens is 4. The molecule has 3 heterocycles. The van der Waals surface area contributed by atoms with Gasteiger partial charge >= 0.3 is 0 Å². The van der Waals surface area contributed by atoms with Crippen molar-refractivity contribution in [3.05, 3.63) is 15.2 Å². The molecule has 0 bridgehead atoms. The van der Waals surface area contributed by atoms with Crippen LogP contribution in [0.5, 0.6) is 0 Å². The summed E-state index contributed by atoms with van der Waals surface area (Å²) in [5, 5.41) is 8.77. The third kappa shape index (κ3) is 2.66. The lowest BCUT2D eigenvalue weighted by molar-refractivity contribution is 0.0342. The van der Waals surface area contributed by atoms with E-state index in [1.807, 2.05) is 5.38 Å². The highest BCUT2D eigenvalue weighted by Gasteiger charge is 2.13. The van der Waals surface area contributed by atoms with Gasteiger partial charge in [0.25, 0.3) is 0 Å². The molecule has 0 aliphatic carbocycles. The standard InChI is InChI=1S/C10H13N5OS2/c17-10-12-9(13-14-10)7-6-18-8(11-7)5-15-1-3-16-4-2-15/h6H,1-5H2,(H2,12,13,14,17). The number of aromatic amines is 2. The van der Waals surface area contributed by atoms with E-state index < -0.39 is 0 Å². The third-order valence-corrected chi connectivity index (χ3v) is 3.79. The Hall–Kier alpha value is -1.09. The van der Waals surface area contributed by atoms with Crippen molar-refractivity contribution >= 4 is 23.6 Å². The Bertz CT molecular complexity index is 569. The normalized spacial score (nSPS) is 17.1. The molecule has 1 fully saturated rings. The second-order valence-electron chi connectivity index (χ2n) is 4.03. The Kier molecular flexibility index (Phi) is 3.50. The van der Waals surface area contributed by atoms with Crippen molar-refractivity contribution in [1.82, 2.24) is 25.1 Å². The third-order valence-electron chi connectivity index (χ3n) is 2.76. The van der Waals surface area contributed by atoms with Gasteiger partial charge in [-0.15, -0.1) is 11.3 Å². The van der Waals surface area contributed by atoms with E-state index in [2.05, 4.69) is 25.1 Å². The van der Waals surface area contributed by atoms with Crippen molar-refractivity contribution in [2.75, 3.05) is 26.3 Å². The predicted molar refractivity (Wildman–Crippen MR) is 71.0 cm³/mol. The van der Waals surface area contributed by atoms with Crippen molar-refractivity contribution in [2.45, 2.75) is 6.54 Å². The van der Waals surface area contributed by atoms with Gasteiger partial charge in [-0.3, -0.25) is 15.1 Å². The predicted octanol–water partition coefficient (Wildman–Crippen LogP) is 1.42. The summed E-state index contributed by atoms with van der Waals surface area (Å²) >= 11 is 6.57. The molecule has 0 saturated carbocycles. The van der Waals surface area contributed by atoms with Crippen LogP contribution < -0.4 is 0 Å². The number of morpholine rings is 1. The molecule has 3 rings (SSSR count). The topological polar surface area (TPSA) is 69.8 Å². The second-order valence-corrected chi connectivity index (χ2v) is 5.36. The molecule has 2 N–H and O–H groups in total. The number of rotatable bonds is 3. The first-order valence-corrected chi connectivity index (χ1v) is 6.99. The summed E-state index contributed by atoms with van der Waals surface area (Å²) in [5.74, 6) is 0.699. The molecule has 1 saturated heterocycles. The highest BCUT2D eigenvalue weighted by Crippen LogP contribution is 2.19. The van der Waals surface area contributed by atoms with Crippen LogP contribution in [0.15, 0.2) is 5.38 Å². The highest BCUT2D eigenvalue weighted by molar-refractivity contribution is 7.71. The largest absolute Gasteiger partial charge is 0.379 e. The molecule has 18 heavy (non-hydrogen) atoms. The van der Waals surface area contributed by atoms with E-state index in [9.17, 15) is 0 Å². The first kappa shape index (κ1) is 12.0. The van der Waals surface area contributed by atoms with Gasteiger partial charge in [-0.25, -0.2) is 4.98 Å². The minimum atomic E-state index is 0.452. The Balaban J connectivity index is 1.71. The molecule has 2 aromatic heterocycles. The van der Waals surface area contributed by atoms with E-state index in [1.54, 1.807) is 11.3 Å². The van der Waals surface area contributed by atoms with Crippen molar-refractivity contribution in [3.63, 3.8) is 0 Å². The van der Waals surface area contributed by atoms with Crippen LogP contribution in [0, 0.1) is 4.77 Å². The smallest absolute Gasteiger partial charge is 0.213 e. The first-order chi connectivity index (χ1) is 8.81. The van der Waals surface area contributed by atoms with Crippen molar-refractivity contribution < 1.29 is 4.74 Å². The van der Waals surface area contributed by atoms with Crippen LogP contribution in [0.1, 0.15) is 5.01 Å². The molecular weight excluding hydrogens is 270 g/mol. The fourth-order valence-corrected chi connectivity index (χ4v) is 2.80. The quantitative estimate of drug-likeness (QED) is 0.834. The fraction of sp³-hybridized carbons (Fsp3) is 0.500. The summed E-state index contributed by atoms with van der Waals surface area (Å²) in [4.78, 5) is 11.1. The maximum absolute atomic E-state index is 5.33. The molecule has 0 spiro atoms. The van der Waals surface area contributed by atoms with E-state index in [-0.39, 0.29) is 0 Å². The molecule has 0 aromatic carbocycles. The van der Waals surface area contributed by atoms with Crippen LogP contribution in [0.4, 0.5) is 0 Å². The highest BCUT2D eigenvalue weighted by atomic mass is 32.1. The monoisotopic (exact) mass is 283 g/mol. The van der Waals surface area contributed by atoms with Crippen molar-refractivity contribution in [3.8, 4) is 11.5 Å². The number of nitrogens with zero attached hydrogens (tertiary/aromatic N) is 3. The summed E-state index contributed by atoms with van der Waals surface area (Å²) < 4.78 is 5.78. The van der Waals surface area contributed by atoms with Gasteiger partial charge in [0.1, 0.15) is 10.7 Å². The van der Waals surface area contributed by atoms with E-state index in [1.165, 1.54) is 0 Å². The number of nitrogens with one attached hydrogen (secondary N) is 2. The summed E-state index contributed by atoms with van der Waals surface area (Å²) in [6.45, 7) is 4.44. The lowest BCUT2D eigenvalue weighted by atomic mass is 10.4. The Morgan fingerprint density at radius 3 is 2.89 bits per heavy atom. The van der Waals surface area contributed by atoms with Gasteiger partial charge in [-0.1, -0.05) is 0 Å². The lowest BCUT2D eigenvalue weighted by Crippen LogP contribution is -2.35. The minimum Gasteiger partial charge on any atom is -0.379 e. The van der Waals surface area contributed by atoms with Crippen LogP contribution in [0.25, 0.3) is 11.5 Å². The second kappa shape index (κ2) is 5.27. The molecule has 8 heteroatoms. The van der Waals surface area contributed by atoms with Crippen LogP contribution in [-0.2, 0) is 11.3 Å². The first-order valence-electron chi connectivity index (χ1n) is 5.71. The maximum atomic E-state index is 5.33. The van der Waals surface area contributed by atoms with Gasteiger partial charge < -0.3 is 4.74 Å². The maximum Gasteiger partial charge on any atom is 0.213 e. The molecule has 1 aliphatic heterocycles. The van der Waals surface area contributed by atoms with Crippen LogP contribution >= 0.6 is 23.6 Å². The summed E-state index contributed by atoms with van der Waals surface area (Å²) in [5.41, 5.74) is 0.843. The van der Waals surface area contributed by atoms with E-state index in [0.717, 1.165) is 43.5 Å². The van der Waals surface area contributed by atoms with Gasteiger partial charge in [0.15, 0.2) is 5.82 Å². The Labute approximate surface area is 113 Å². The van der Waals surface area contributed by atoms with Gasteiger partial charge in [0, 0.05) is 18.5 Å². The Morgan fingerprint density at radius 1 is 1.33 bits per heavy atom. The van der Waals surface area contributed by atoms with Crippen LogP contribution in [0.2, 0.25) is 0 Å². The van der Waals surface area contributed by atoms with Crippen LogP contribution in [0.3, 0.4) is 0 Å². The van der Waals surface area contributed by atoms with E-state index in [4.69, 9.17) is 17.0 Å². The molecule has 0 atom stereocenters. The molecule has 6 nitrogen and oxygen atoms in total. The average molecular weight is 283 g/mol. The van der Waals surface area contributed by atoms with Gasteiger partial charge in [-0.05, 0) is 12.2 Å². The number of H-pyrrole nitrogens is 2. The zero-order chi connectivity index (χ0) is 12.4. The molecule has 0 unspecified atom stereocenters. The van der Waals surface area contributed by atoms with E-state index >= 15 is 0 Å². The lowest BCUT2D eigenvalue weighted by Gasteiger charge is -2.25. The number of ether oxygens (including phenoxy) is 1. The molecule has 2 aromatic rings. The summed E-state index contributed by atoms with van der Waals surface area (Å²) in [6.07, 6.45) is 0. The van der Waals surface area contributed by atoms with Crippen molar-refractivity contribution in [1.29, 1.82) is 0 Å². The molecule has 0 radical (unpaired) electrons. The molecular formula is C10H13N5OS2. The molecule has 1 aliphatic rings. The summed E-state index contributed by atoms with van der Waals surface area (Å²) in [6, 6.07) is 0. The Morgan fingerprint density at radius 2 is 2.17 bits per heavy atom. The zero-order valence-corrected chi connectivity index (χ0v) is 11.3. The van der Waals surface area contributed by atoms with E-state index in [0.29, 0.717) is 10.6 Å². The minimum absolute atomic E-state index is 0.452. The number of hydrogen-bond donors (Lipinski definition) is 2. The molecule has 0 amide bonds. The van der Waals surface area contributed by atoms with Gasteiger partial charge in [0.05, 0.1) is 19.8 Å². The van der Waals surface area contributed by atoms with Crippen molar-refractivity contribution in [2.24, 2.45) is 0 Å². The van der Waals surface area contributed by atoms with Gasteiger partial charge in [-0.2, -0.15) is 4.98 Å². The fourth-order valence-electron chi connectivity index (χ4n) is 1.83. The van der Waals surface area contributed by atoms with Gasteiger partial charge in [0.2, 0.25) is 4.77 Å². The van der Waals surface area contributed by atoms with Crippen LogP contribution in [-0.4, -0.2) is 51.4 Å². The SMILES string of the molecule is S=c1nc(-c2csc(CN3CCOCC3)n2)[nH][nH]1. The number of thiazole rings is 1. The average Bonchev–Trinajstić information content (AvgIpc) is 2.99. The summed E-state index contributed by atoms with van der Waals surface area (Å²) in [7, 11) is 0.